The van der Waals surface area contributed by atoms with Gasteiger partial charge >= 0.3 is 0 Å². The molecule has 0 spiro atoms. The van der Waals surface area contributed by atoms with Crippen LogP contribution in [0.2, 0.25) is 0 Å². The summed E-state index contributed by atoms with van der Waals surface area (Å²) in [5.74, 6) is 0. The topological polar surface area (TPSA) is 6.48 Å². The molecule has 0 bridgehead atoms. The summed E-state index contributed by atoms with van der Waals surface area (Å²) in [6.07, 6.45) is 9.33. The highest BCUT2D eigenvalue weighted by Gasteiger charge is 2.29. The molecule has 0 N–H and O–H groups in total. The van der Waals surface area contributed by atoms with Crippen molar-refractivity contribution in [3.8, 4) is 0 Å². The third-order valence-electron chi connectivity index (χ3n) is 4.49. The predicted molar refractivity (Wildman–Crippen MR) is 86.0 cm³/mol. The van der Waals surface area contributed by atoms with Crippen LogP contribution in [0, 0.1) is 5.41 Å². The summed E-state index contributed by atoms with van der Waals surface area (Å²) >= 11 is 0. The number of rotatable bonds is 3. The van der Waals surface area contributed by atoms with Crippen LogP contribution in [0.3, 0.4) is 0 Å². The molecule has 2 aliphatic rings. The zero-order chi connectivity index (χ0) is 14.2. The lowest BCUT2D eigenvalue weighted by Gasteiger charge is -2.34. The molecule has 0 aromatic heterocycles. The van der Waals surface area contributed by atoms with Gasteiger partial charge in [0.25, 0.3) is 0 Å². The quantitative estimate of drug-likeness (QED) is 0.828. The number of benzene rings is 1. The Kier molecular flexibility index (Phi) is 3.33. The summed E-state index contributed by atoms with van der Waals surface area (Å²) < 4.78 is 0. The molecule has 2 nitrogen and oxygen atoms in total. The van der Waals surface area contributed by atoms with Crippen molar-refractivity contribution in [1.82, 2.24) is 4.90 Å². The molecule has 0 fully saturated rings. The van der Waals surface area contributed by atoms with Crippen molar-refractivity contribution in [2.24, 2.45) is 5.41 Å². The monoisotopic (exact) mass is 268 g/mol. The molecule has 2 heteroatoms. The van der Waals surface area contributed by atoms with Crippen molar-refractivity contribution in [3.05, 3.63) is 53.8 Å². The van der Waals surface area contributed by atoms with Crippen LogP contribution in [0.4, 0.5) is 5.69 Å². The van der Waals surface area contributed by atoms with Gasteiger partial charge in [0.2, 0.25) is 0 Å². The Hall–Kier alpha value is -1.70. The molecular formula is C18H24N2. The number of nitrogens with zero attached hydrogens (tertiary/aromatic N) is 2. The van der Waals surface area contributed by atoms with Crippen LogP contribution in [0.1, 0.15) is 18.9 Å². The van der Waals surface area contributed by atoms with Crippen LogP contribution in [-0.2, 0) is 6.42 Å². The van der Waals surface area contributed by atoms with E-state index in [2.05, 4.69) is 73.3 Å². The first-order valence-corrected chi connectivity index (χ1v) is 7.47. The van der Waals surface area contributed by atoms with Gasteiger partial charge in [-0.15, -0.1) is 0 Å². The van der Waals surface area contributed by atoms with Gasteiger partial charge in [-0.2, -0.15) is 0 Å². The Morgan fingerprint density at radius 2 is 2.05 bits per heavy atom. The highest BCUT2D eigenvalue weighted by atomic mass is 15.2. The molecule has 1 atom stereocenters. The second-order valence-electron chi connectivity index (χ2n) is 6.52. The summed E-state index contributed by atoms with van der Waals surface area (Å²) in [4.78, 5) is 4.73. The second kappa shape index (κ2) is 5.01. The first-order valence-electron chi connectivity index (χ1n) is 7.47. The standard InChI is InChI=1S/C18H24N2/c1-18(11-8-16(9-12-18)19(2)3)14-20-13-10-15-6-4-5-7-17(15)20/h4-9,11H,10,12-14H2,1-3H3. The molecule has 1 aliphatic carbocycles. The Bertz CT molecular complexity index is 556. The van der Waals surface area contributed by atoms with Gasteiger partial charge in [0.1, 0.15) is 0 Å². The lowest BCUT2D eigenvalue weighted by molar-refractivity contribution is 0.413. The molecule has 106 valence electrons. The Morgan fingerprint density at radius 1 is 1.25 bits per heavy atom. The van der Waals surface area contributed by atoms with E-state index in [0.29, 0.717) is 0 Å². The largest absolute Gasteiger partial charge is 0.378 e. The zero-order valence-electron chi connectivity index (χ0n) is 12.8. The smallest absolute Gasteiger partial charge is 0.0399 e. The number of hydrogen-bond donors (Lipinski definition) is 0. The van der Waals surface area contributed by atoms with Gasteiger partial charge in [0, 0.05) is 44.0 Å². The van der Waals surface area contributed by atoms with E-state index >= 15 is 0 Å². The van der Waals surface area contributed by atoms with E-state index in [1.54, 1.807) is 0 Å². The highest BCUT2D eigenvalue weighted by molar-refractivity contribution is 5.58. The van der Waals surface area contributed by atoms with Crippen molar-refractivity contribution in [3.63, 3.8) is 0 Å². The predicted octanol–water partition coefficient (Wildman–Crippen LogP) is 3.46. The third kappa shape index (κ3) is 2.47. The molecule has 1 aliphatic heterocycles. The van der Waals surface area contributed by atoms with Crippen LogP contribution < -0.4 is 4.90 Å². The lowest BCUT2D eigenvalue weighted by atomic mass is 9.82. The maximum atomic E-state index is 2.55. The number of para-hydroxylation sites is 1. The van der Waals surface area contributed by atoms with Crippen molar-refractivity contribution in [1.29, 1.82) is 0 Å². The van der Waals surface area contributed by atoms with Crippen molar-refractivity contribution in [2.75, 3.05) is 32.1 Å². The van der Waals surface area contributed by atoms with Gasteiger partial charge in [-0.1, -0.05) is 37.3 Å². The van der Waals surface area contributed by atoms with E-state index in [9.17, 15) is 0 Å². The maximum absolute atomic E-state index is 2.55. The molecule has 1 unspecified atom stereocenters. The molecule has 1 heterocycles. The highest BCUT2D eigenvalue weighted by Crippen LogP contribution is 2.35. The molecule has 0 saturated heterocycles. The summed E-state index contributed by atoms with van der Waals surface area (Å²) in [7, 11) is 4.21. The van der Waals surface area contributed by atoms with Crippen LogP contribution in [-0.4, -0.2) is 32.1 Å². The van der Waals surface area contributed by atoms with E-state index in [0.717, 1.165) is 19.5 Å². The van der Waals surface area contributed by atoms with Gasteiger partial charge in [0.15, 0.2) is 0 Å². The lowest BCUT2D eigenvalue weighted by Crippen LogP contribution is -2.34. The first-order chi connectivity index (χ1) is 9.57. The molecule has 3 rings (SSSR count). The Balaban J connectivity index is 1.73. The number of anilines is 1. The van der Waals surface area contributed by atoms with E-state index in [1.165, 1.54) is 23.4 Å². The Labute approximate surface area is 122 Å². The molecule has 1 aromatic carbocycles. The summed E-state index contributed by atoms with van der Waals surface area (Å²) in [5.41, 5.74) is 4.51. The van der Waals surface area contributed by atoms with Gasteiger partial charge in [0.05, 0.1) is 0 Å². The van der Waals surface area contributed by atoms with E-state index in [4.69, 9.17) is 0 Å². The van der Waals surface area contributed by atoms with Gasteiger partial charge in [-0.25, -0.2) is 0 Å². The fraction of sp³-hybridized carbons (Fsp3) is 0.444. The summed E-state index contributed by atoms with van der Waals surface area (Å²) in [6.45, 7) is 4.64. The van der Waals surface area contributed by atoms with Gasteiger partial charge < -0.3 is 9.80 Å². The fourth-order valence-corrected chi connectivity index (χ4v) is 3.22. The average molecular weight is 268 g/mol. The summed E-state index contributed by atoms with van der Waals surface area (Å²) in [6, 6.07) is 8.83. The molecule has 0 amide bonds. The molecule has 0 saturated carbocycles. The molecular weight excluding hydrogens is 244 g/mol. The second-order valence-corrected chi connectivity index (χ2v) is 6.52. The van der Waals surface area contributed by atoms with Crippen LogP contribution in [0.5, 0.6) is 0 Å². The van der Waals surface area contributed by atoms with E-state index in [-0.39, 0.29) is 5.41 Å². The Morgan fingerprint density at radius 3 is 2.75 bits per heavy atom. The van der Waals surface area contributed by atoms with Crippen molar-refractivity contribution >= 4 is 5.69 Å². The molecule has 0 radical (unpaired) electrons. The number of hydrogen-bond acceptors (Lipinski definition) is 2. The van der Waals surface area contributed by atoms with E-state index in [1.807, 2.05) is 0 Å². The van der Waals surface area contributed by atoms with Crippen molar-refractivity contribution < 1.29 is 0 Å². The van der Waals surface area contributed by atoms with E-state index < -0.39 is 0 Å². The first kappa shape index (κ1) is 13.3. The normalized spacial score (nSPS) is 24.6. The maximum Gasteiger partial charge on any atom is 0.0399 e. The van der Waals surface area contributed by atoms with Gasteiger partial charge in [-0.3, -0.25) is 0 Å². The van der Waals surface area contributed by atoms with Gasteiger partial charge in [-0.05, 0) is 30.5 Å². The minimum atomic E-state index is 0.247. The van der Waals surface area contributed by atoms with Crippen LogP contribution >= 0.6 is 0 Å². The third-order valence-corrected chi connectivity index (χ3v) is 4.49. The number of allylic oxidation sites excluding steroid dienone is 2. The number of likely N-dealkylation sites (N-methyl/N-ethyl adjacent to an activating group) is 1. The minimum absolute atomic E-state index is 0.247. The zero-order valence-corrected chi connectivity index (χ0v) is 12.8. The van der Waals surface area contributed by atoms with Crippen molar-refractivity contribution in [2.45, 2.75) is 19.8 Å². The molecule has 20 heavy (non-hydrogen) atoms. The number of fused-ring (bicyclic) bond motifs is 1. The SMILES string of the molecule is CN(C)C1=CCC(C)(CN2CCc3ccccc32)C=C1. The van der Waals surface area contributed by atoms with Crippen LogP contribution in [0.15, 0.2) is 48.2 Å². The fourth-order valence-electron chi connectivity index (χ4n) is 3.22. The average Bonchev–Trinajstić information content (AvgIpc) is 2.82. The summed E-state index contributed by atoms with van der Waals surface area (Å²) in [5, 5.41) is 0. The minimum Gasteiger partial charge on any atom is -0.378 e. The molecule has 1 aromatic rings. The van der Waals surface area contributed by atoms with Crippen LogP contribution in [0.25, 0.3) is 0 Å².